The van der Waals surface area contributed by atoms with E-state index in [-0.39, 0.29) is 26.1 Å². The van der Waals surface area contributed by atoms with Crippen molar-refractivity contribution < 1.29 is 16.8 Å². The maximum atomic E-state index is 13.3. The van der Waals surface area contributed by atoms with Gasteiger partial charge < -0.3 is 0 Å². The number of rotatable bonds is 4. The van der Waals surface area contributed by atoms with Crippen molar-refractivity contribution in [1.82, 2.24) is 9.19 Å². The minimum atomic E-state index is -4.07. The van der Waals surface area contributed by atoms with Crippen molar-refractivity contribution in [3.8, 4) is 0 Å². The molecular weight excluding hydrogens is 420 g/mol. The molecule has 6 nitrogen and oxygen atoms in total. The molecule has 0 amide bonds. The van der Waals surface area contributed by atoms with Crippen LogP contribution in [0.3, 0.4) is 0 Å². The molecule has 154 valence electrons. The number of aromatic nitrogens is 2. The van der Waals surface area contributed by atoms with Gasteiger partial charge >= 0.3 is 0 Å². The minimum absolute atomic E-state index is 0.0473. The summed E-state index contributed by atoms with van der Waals surface area (Å²) in [6.07, 6.45) is 0. The van der Waals surface area contributed by atoms with Crippen LogP contribution < -0.4 is 0 Å². The summed E-state index contributed by atoms with van der Waals surface area (Å²) in [4.78, 5) is 0.0590. The van der Waals surface area contributed by atoms with E-state index in [1.54, 1.807) is 24.3 Å². The molecule has 0 saturated heterocycles. The summed E-state index contributed by atoms with van der Waals surface area (Å²) < 4.78 is 53.7. The van der Waals surface area contributed by atoms with Gasteiger partial charge in [0.1, 0.15) is 4.90 Å². The van der Waals surface area contributed by atoms with Gasteiger partial charge in [0.15, 0.2) is 0 Å². The topological polar surface area (TPSA) is 86.1 Å². The highest BCUT2D eigenvalue weighted by Crippen LogP contribution is 2.29. The molecule has 0 aliphatic carbocycles. The molecular formula is C22H20N2O4S2. The van der Waals surface area contributed by atoms with Crippen LogP contribution in [0.4, 0.5) is 0 Å². The van der Waals surface area contributed by atoms with Crippen LogP contribution in [0.1, 0.15) is 17.0 Å². The third kappa shape index (κ3) is 3.22. The lowest BCUT2D eigenvalue weighted by atomic mass is 10.1. The lowest BCUT2D eigenvalue weighted by molar-refractivity contribution is 0.577. The first-order chi connectivity index (χ1) is 14.1. The van der Waals surface area contributed by atoms with Crippen molar-refractivity contribution in [2.75, 3.05) is 0 Å². The van der Waals surface area contributed by atoms with Crippen LogP contribution in [-0.4, -0.2) is 26.0 Å². The Kier molecular flexibility index (Phi) is 4.79. The van der Waals surface area contributed by atoms with E-state index in [1.807, 2.05) is 31.2 Å². The summed E-state index contributed by atoms with van der Waals surface area (Å²) in [7, 11) is -7.99. The van der Waals surface area contributed by atoms with E-state index in [2.05, 4.69) is 5.10 Å². The van der Waals surface area contributed by atoms with E-state index in [0.717, 1.165) is 20.4 Å². The second-order valence-electron chi connectivity index (χ2n) is 7.17. The molecule has 1 aromatic heterocycles. The summed E-state index contributed by atoms with van der Waals surface area (Å²) in [5.41, 5.74) is 1.12. The van der Waals surface area contributed by atoms with Gasteiger partial charge in [-0.1, -0.05) is 48.0 Å². The molecule has 0 atom stereocenters. The van der Waals surface area contributed by atoms with E-state index >= 15 is 0 Å². The fourth-order valence-electron chi connectivity index (χ4n) is 3.49. The van der Waals surface area contributed by atoms with Gasteiger partial charge in [0.25, 0.3) is 10.0 Å². The second kappa shape index (κ2) is 7.07. The predicted octanol–water partition coefficient (Wildman–Crippen LogP) is 4.03. The van der Waals surface area contributed by atoms with Gasteiger partial charge in [-0.2, -0.15) is 17.6 Å². The van der Waals surface area contributed by atoms with Crippen LogP contribution >= 0.6 is 0 Å². The Morgan fingerprint density at radius 1 is 0.733 bits per heavy atom. The normalized spacial score (nSPS) is 12.4. The first-order valence-corrected chi connectivity index (χ1v) is 12.2. The maximum absolute atomic E-state index is 13.3. The molecule has 8 heteroatoms. The van der Waals surface area contributed by atoms with Crippen molar-refractivity contribution >= 4 is 30.6 Å². The van der Waals surface area contributed by atoms with Gasteiger partial charge in [0.2, 0.25) is 9.84 Å². The van der Waals surface area contributed by atoms with Gasteiger partial charge in [-0.3, -0.25) is 0 Å². The van der Waals surface area contributed by atoms with Crippen molar-refractivity contribution in [3.05, 3.63) is 83.7 Å². The quantitative estimate of drug-likeness (QED) is 0.478. The van der Waals surface area contributed by atoms with E-state index in [4.69, 9.17) is 0 Å². The zero-order valence-corrected chi connectivity index (χ0v) is 18.3. The number of hydrogen-bond donors (Lipinski definition) is 0. The number of nitrogens with zero attached hydrogens (tertiary/aromatic N) is 2. The molecule has 1 heterocycles. The Hall–Kier alpha value is -2.97. The Labute approximate surface area is 175 Å². The molecule has 30 heavy (non-hydrogen) atoms. The summed E-state index contributed by atoms with van der Waals surface area (Å²) in [5, 5.41) is 5.78. The van der Waals surface area contributed by atoms with Crippen LogP contribution in [-0.2, 0) is 19.9 Å². The molecule has 0 N–H and O–H groups in total. The van der Waals surface area contributed by atoms with E-state index in [1.165, 1.54) is 32.0 Å². The molecule has 0 fully saturated rings. The van der Waals surface area contributed by atoms with Crippen molar-refractivity contribution in [2.45, 2.75) is 35.5 Å². The SMILES string of the molecule is Cc1ccc(S(=O)(=O)c2c(C)nn(S(=O)(=O)c3ccc4ccccc4c3)c2C)cc1. The number of aryl methyl sites for hydroxylation is 2. The maximum Gasteiger partial charge on any atom is 0.283 e. The highest BCUT2D eigenvalue weighted by atomic mass is 32.2. The molecule has 4 aromatic rings. The summed E-state index contributed by atoms with van der Waals surface area (Å²) in [6.45, 7) is 4.82. The third-order valence-electron chi connectivity index (χ3n) is 5.03. The molecule has 3 aromatic carbocycles. The van der Waals surface area contributed by atoms with Crippen LogP contribution in [0.2, 0.25) is 0 Å². The van der Waals surface area contributed by atoms with Gasteiger partial charge in [-0.15, -0.1) is 0 Å². The molecule has 4 rings (SSSR count). The molecule has 0 unspecified atom stereocenters. The van der Waals surface area contributed by atoms with Crippen LogP contribution in [0.5, 0.6) is 0 Å². The third-order valence-corrected chi connectivity index (χ3v) is 8.71. The Balaban J connectivity index is 1.87. The number of sulfone groups is 1. The van der Waals surface area contributed by atoms with E-state index in [0.29, 0.717) is 0 Å². The molecule has 0 radical (unpaired) electrons. The molecule has 0 aliphatic rings. The minimum Gasteiger partial charge on any atom is -0.218 e. The standard InChI is InChI=1S/C22H20N2O4S2/c1-15-8-11-20(12-9-15)29(25,26)22-16(2)23-24(17(22)3)30(27,28)21-13-10-18-6-4-5-7-19(18)14-21/h4-14H,1-3H3. The predicted molar refractivity (Wildman–Crippen MR) is 115 cm³/mol. The number of fused-ring (bicyclic) bond motifs is 1. The average molecular weight is 441 g/mol. The lowest BCUT2D eigenvalue weighted by Gasteiger charge is -2.09. The first kappa shape index (κ1) is 20.3. The molecule has 0 aliphatic heterocycles. The molecule has 0 spiro atoms. The average Bonchev–Trinajstić information content (AvgIpc) is 3.03. The van der Waals surface area contributed by atoms with Crippen molar-refractivity contribution in [2.24, 2.45) is 0 Å². The van der Waals surface area contributed by atoms with E-state index < -0.39 is 19.9 Å². The smallest absolute Gasteiger partial charge is 0.218 e. The van der Waals surface area contributed by atoms with Gasteiger partial charge in [-0.25, -0.2) is 8.42 Å². The van der Waals surface area contributed by atoms with Gasteiger partial charge in [-0.05, 0) is 55.8 Å². The molecule has 0 saturated carbocycles. The van der Waals surface area contributed by atoms with Gasteiger partial charge in [0, 0.05) is 0 Å². The van der Waals surface area contributed by atoms with Gasteiger partial charge in [0.05, 0.1) is 21.2 Å². The number of benzene rings is 3. The monoisotopic (exact) mass is 440 g/mol. The molecule has 0 bridgehead atoms. The Morgan fingerprint density at radius 3 is 2.00 bits per heavy atom. The second-order valence-corrected chi connectivity index (χ2v) is 10.8. The van der Waals surface area contributed by atoms with Crippen molar-refractivity contribution in [1.29, 1.82) is 0 Å². The van der Waals surface area contributed by atoms with Crippen molar-refractivity contribution in [3.63, 3.8) is 0 Å². The Bertz CT molecular complexity index is 1480. The highest BCUT2D eigenvalue weighted by molar-refractivity contribution is 7.92. The fraction of sp³-hybridized carbons (Fsp3) is 0.136. The number of hydrogen-bond acceptors (Lipinski definition) is 5. The zero-order chi connectivity index (χ0) is 21.7. The zero-order valence-electron chi connectivity index (χ0n) is 16.7. The summed E-state index contributed by atoms with van der Waals surface area (Å²) in [6, 6.07) is 18.6. The van der Waals surface area contributed by atoms with Crippen LogP contribution in [0.15, 0.2) is 81.4 Å². The largest absolute Gasteiger partial charge is 0.283 e. The Morgan fingerprint density at radius 2 is 1.33 bits per heavy atom. The van der Waals surface area contributed by atoms with Crippen LogP contribution in [0, 0.1) is 20.8 Å². The van der Waals surface area contributed by atoms with E-state index in [9.17, 15) is 16.8 Å². The lowest BCUT2D eigenvalue weighted by Crippen LogP contribution is -2.16. The van der Waals surface area contributed by atoms with Crippen LogP contribution in [0.25, 0.3) is 10.8 Å². The summed E-state index contributed by atoms with van der Waals surface area (Å²) in [5.74, 6) is 0. The summed E-state index contributed by atoms with van der Waals surface area (Å²) >= 11 is 0. The fourth-order valence-corrected chi connectivity index (χ4v) is 6.58. The first-order valence-electron chi connectivity index (χ1n) is 9.25. The highest BCUT2D eigenvalue weighted by Gasteiger charge is 2.31.